The second-order valence-electron chi connectivity index (χ2n) is 9.14. The lowest BCUT2D eigenvalue weighted by Gasteiger charge is -2.28. The summed E-state index contributed by atoms with van der Waals surface area (Å²) in [4.78, 5) is 19.8. The molecule has 1 aliphatic heterocycles. The molecule has 2 heterocycles. The number of morpholine rings is 1. The van der Waals surface area contributed by atoms with Crippen molar-refractivity contribution in [2.75, 3.05) is 42.3 Å². The average Bonchev–Trinajstić information content (AvgIpc) is 3.36. The van der Waals surface area contributed by atoms with Crippen LogP contribution in [-0.4, -0.2) is 55.3 Å². The van der Waals surface area contributed by atoms with Crippen LogP contribution in [0.15, 0.2) is 101 Å². The fourth-order valence-corrected chi connectivity index (χ4v) is 7.19. The maximum absolute atomic E-state index is 13.9. The van der Waals surface area contributed by atoms with E-state index < -0.39 is 10.0 Å². The lowest BCUT2D eigenvalue weighted by molar-refractivity contribution is -0.113. The summed E-state index contributed by atoms with van der Waals surface area (Å²) in [6.45, 7) is 3.09. The highest BCUT2D eigenvalue weighted by molar-refractivity contribution is 8.00. The van der Waals surface area contributed by atoms with Gasteiger partial charge in [0.15, 0.2) is 5.16 Å². The molecule has 0 atom stereocenters. The average molecular weight is 559 g/mol. The van der Waals surface area contributed by atoms with Crippen molar-refractivity contribution in [2.45, 2.75) is 10.1 Å². The molecule has 8 nitrogen and oxygen atoms in total. The molecule has 6 rings (SSSR count). The molecular formula is C29H26N4O4S2. The normalized spacial score (nSPS) is 14.1. The standard InChI is InChI=1S/C29H26N4O4S2/c34-28(30-23-10-12-24(13-11-23)32-15-17-37-18-16-32)20-38-29-31-26-7-3-4-8-27(26)33(29)39(35,36)25-14-9-21-5-1-2-6-22(21)19-25/h1-14,19H,15-18,20H2,(H,30,34). The van der Waals surface area contributed by atoms with E-state index in [9.17, 15) is 13.2 Å². The molecule has 0 spiro atoms. The molecule has 10 heteroatoms. The van der Waals surface area contributed by atoms with Crippen LogP contribution in [-0.2, 0) is 19.6 Å². The van der Waals surface area contributed by atoms with Gasteiger partial charge in [-0.05, 0) is 59.3 Å². The number of thioether (sulfide) groups is 1. The Hall–Kier alpha value is -3.86. The molecule has 1 aromatic heterocycles. The van der Waals surface area contributed by atoms with Crippen molar-refractivity contribution in [1.82, 2.24) is 8.96 Å². The Labute approximate surface area is 230 Å². The van der Waals surface area contributed by atoms with Gasteiger partial charge in [0, 0.05) is 24.5 Å². The molecular weight excluding hydrogens is 532 g/mol. The fourth-order valence-electron chi connectivity index (χ4n) is 4.64. The predicted octanol–water partition coefficient (Wildman–Crippen LogP) is 4.99. The molecule has 1 fully saturated rings. The number of hydrogen-bond acceptors (Lipinski definition) is 7. The van der Waals surface area contributed by atoms with Gasteiger partial charge in [-0.1, -0.05) is 54.2 Å². The minimum Gasteiger partial charge on any atom is -0.378 e. The zero-order chi connectivity index (χ0) is 26.8. The summed E-state index contributed by atoms with van der Waals surface area (Å²) < 4.78 is 34.4. The van der Waals surface area contributed by atoms with Crippen molar-refractivity contribution in [2.24, 2.45) is 0 Å². The number of nitrogens with one attached hydrogen (secondary N) is 1. The van der Waals surface area contributed by atoms with Gasteiger partial charge in [-0.15, -0.1) is 0 Å². The van der Waals surface area contributed by atoms with Gasteiger partial charge in [-0.2, -0.15) is 0 Å². The molecule has 0 saturated carbocycles. The minimum atomic E-state index is -3.98. The van der Waals surface area contributed by atoms with Crippen LogP contribution in [0, 0.1) is 0 Å². The monoisotopic (exact) mass is 558 g/mol. The maximum Gasteiger partial charge on any atom is 0.270 e. The van der Waals surface area contributed by atoms with Gasteiger partial charge in [-0.25, -0.2) is 17.4 Å². The first-order valence-electron chi connectivity index (χ1n) is 12.6. The highest BCUT2D eigenvalue weighted by Gasteiger charge is 2.25. The number of rotatable bonds is 7. The summed E-state index contributed by atoms with van der Waals surface area (Å²) in [5, 5.41) is 4.92. The summed E-state index contributed by atoms with van der Waals surface area (Å²) in [5.41, 5.74) is 2.77. The van der Waals surface area contributed by atoms with Crippen LogP contribution in [0.25, 0.3) is 21.8 Å². The number of carbonyl (C=O) groups excluding carboxylic acids is 1. The van der Waals surface area contributed by atoms with Crippen LogP contribution < -0.4 is 10.2 Å². The molecule has 0 unspecified atom stereocenters. The van der Waals surface area contributed by atoms with E-state index in [4.69, 9.17) is 4.74 Å². The Kier molecular flexibility index (Phi) is 6.99. The van der Waals surface area contributed by atoms with Crippen LogP contribution in [0.3, 0.4) is 0 Å². The Morgan fingerprint density at radius 2 is 1.62 bits per heavy atom. The number of hydrogen-bond donors (Lipinski definition) is 1. The molecule has 0 bridgehead atoms. The number of benzene rings is 4. The lowest BCUT2D eigenvalue weighted by atomic mass is 10.1. The van der Waals surface area contributed by atoms with E-state index in [0.717, 1.165) is 41.3 Å². The third-order valence-corrected chi connectivity index (χ3v) is 9.36. The largest absolute Gasteiger partial charge is 0.378 e. The summed E-state index contributed by atoms with van der Waals surface area (Å²) in [5.74, 6) is -0.247. The molecule has 1 saturated heterocycles. The topological polar surface area (TPSA) is 93.5 Å². The predicted molar refractivity (Wildman–Crippen MR) is 155 cm³/mol. The molecule has 5 aromatic rings. The number of anilines is 2. The zero-order valence-corrected chi connectivity index (χ0v) is 22.6. The molecule has 39 heavy (non-hydrogen) atoms. The second-order valence-corrected chi connectivity index (χ2v) is 11.9. The van der Waals surface area contributed by atoms with Crippen molar-refractivity contribution in [3.05, 3.63) is 91.0 Å². The number of ether oxygens (including phenoxy) is 1. The van der Waals surface area contributed by atoms with Gasteiger partial charge in [0.25, 0.3) is 10.0 Å². The van der Waals surface area contributed by atoms with Crippen LogP contribution in [0.4, 0.5) is 11.4 Å². The molecule has 0 aliphatic carbocycles. The quantitative estimate of drug-likeness (QED) is 0.281. The summed E-state index contributed by atoms with van der Waals surface area (Å²) >= 11 is 1.09. The van der Waals surface area contributed by atoms with Gasteiger partial charge in [0.2, 0.25) is 5.91 Å². The highest BCUT2D eigenvalue weighted by Crippen LogP contribution is 2.30. The Bertz CT molecular complexity index is 1760. The summed E-state index contributed by atoms with van der Waals surface area (Å²) in [6.07, 6.45) is 0. The number of carbonyl (C=O) groups is 1. The van der Waals surface area contributed by atoms with Crippen molar-refractivity contribution in [1.29, 1.82) is 0 Å². The van der Waals surface area contributed by atoms with Gasteiger partial charge in [0.1, 0.15) is 0 Å². The maximum atomic E-state index is 13.9. The number of para-hydroxylation sites is 2. The number of amides is 1. The number of fused-ring (bicyclic) bond motifs is 2. The number of imidazole rings is 1. The Balaban J connectivity index is 1.23. The van der Waals surface area contributed by atoms with E-state index in [2.05, 4.69) is 15.2 Å². The van der Waals surface area contributed by atoms with E-state index in [1.807, 2.05) is 54.6 Å². The Morgan fingerprint density at radius 1 is 0.897 bits per heavy atom. The zero-order valence-electron chi connectivity index (χ0n) is 21.0. The first kappa shape index (κ1) is 25.4. The molecule has 4 aromatic carbocycles. The van der Waals surface area contributed by atoms with E-state index in [1.54, 1.807) is 36.4 Å². The molecule has 1 N–H and O–H groups in total. The minimum absolute atomic E-state index is 0.00176. The smallest absolute Gasteiger partial charge is 0.270 e. The number of nitrogens with zero attached hydrogens (tertiary/aromatic N) is 3. The first-order chi connectivity index (χ1) is 19.0. The Morgan fingerprint density at radius 3 is 2.41 bits per heavy atom. The fraction of sp³-hybridized carbons (Fsp3) is 0.172. The highest BCUT2D eigenvalue weighted by atomic mass is 32.2. The van der Waals surface area contributed by atoms with Crippen molar-refractivity contribution in [3.8, 4) is 0 Å². The van der Waals surface area contributed by atoms with Gasteiger partial charge in [-0.3, -0.25) is 4.79 Å². The van der Waals surface area contributed by atoms with Crippen molar-refractivity contribution >= 4 is 60.9 Å². The molecule has 198 valence electrons. The van der Waals surface area contributed by atoms with Crippen LogP contribution in [0.1, 0.15) is 0 Å². The first-order valence-corrected chi connectivity index (χ1v) is 15.0. The van der Waals surface area contributed by atoms with Crippen LogP contribution >= 0.6 is 11.8 Å². The van der Waals surface area contributed by atoms with Crippen molar-refractivity contribution in [3.63, 3.8) is 0 Å². The third-order valence-electron chi connectivity index (χ3n) is 6.61. The van der Waals surface area contributed by atoms with Crippen LogP contribution in [0.5, 0.6) is 0 Å². The lowest BCUT2D eigenvalue weighted by Crippen LogP contribution is -2.36. The summed E-state index contributed by atoms with van der Waals surface area (Å²) in [6, 6.07) is 27.4. The molecule has 1 aliphatic rings. The van der Waals surface area contributed by atoms with Gasteiger partial charge >= 0.3 is 0 Å². The van der Waals surface area contributed by atoms with E-state index in [1.165, 1.54) is 3.97 Å². The van der Waals surface area contributed by atoms with E-state index in [0.29, 0.717) is 29.9 Å². The van der Waals surface area contributed by atoms with E-state index in [-0.39, 0.29) is 21.7 Å². The van der Waals surface area contributed by atoms with Gasteiger partial charge in [0.05, 0.1) is 34.9 Å². The van der Waals surface area contributed by atoms with Crippen molar-refractivity contribution < 1.29 is 17.9 Å². The SMILES string of the molecule is O=C(CSc1nc2ccccc2n1S(=O)(=O)c1ccc2ccccc2c1)Nc1ccc(N2CCOCC2)cc1. The molecule has 0 radical (unpaired) electrons. The third kappa shape index (κ3) is 5.23. The molecule has 1 amide bonds. The van der Waals surface area contributed by atoms with Gasteiger partial charge < -0.3 is 15.0 Å². The number of aromatic nitrogens is 2. The van der Waals surface area contributed by atoms with E-state index >= 15 is 0 Å². The second kappa shape index (κ2) is 10.7. The summed E-state index contributed by atoms with van der Waals surface area (Å²) in [7, 11) is -3.98. The van der Waals surface area contributed by atoms with Crippen LogP contribution in [0.2, 0.25) is 0 Å².